The molecule has 1 heterocycles. The van der Waals surface area contributed by atoms with Gasteiger partial charge in [0.1, 0.15) is 5.75 Å². The average molecular weight is 393 g/mol. The average Bonchev–Trinajstić information content (AvgIpc) is 2.88. The Hall–Kier alpha value is -2.06. The topological polar surface area (TPSA) is 93.2 Å². The number of aromatic nitrogens is 1. The molecular formula is C18H20N2O4S2. The van der Waals surface area contributed by atoms with Crippen LogP contribution in [0, 0.1) is 12.3 Å². The van der Waals surface area contributed by atoms with Gasteiger partial charge in [-0.2, -0.15) is 0 Å². The zero-order chi connectivity index (χ0) is 19.1. The number of rotatable bonds is 4. The molecule has 8 heteroatoms. The molecule has 0 saturated carbocycles. The molecule has 0 radical (unpaired) electrons. The van der Waals surface area contributed by atoms with Crippen LogP contribution in [-0.4, -0.2) is 30.8 Å². The second kappa shape index (κ2) is 6.59. The number of anilines is 1. The lowest BCUT2D eigenvalue weighted by atomic mass is 9.78. The number of aryl methyl sites for hydroxylation is 1. The lowest BCUT2D eigenvalue weighted by Gasteiger charge is -2.26. The maximum Gasteiger partial charge on any atom is 0.241 e. The molecule has 1 aromatic carbocycles. The molecule has 3 rings (SSSR count). The Morgan fingerprint density at radius 3 is 2.54 bits per heavy atom. The van der Waals surface area contributed by atoms with Crippen molar-refractivity contribution in [2.75, 3.05) is 11.1 Å². The summed E-state index contributed by atoms with van der Waals surface area (Å²) in [5.74, 6) is -1.32. The molecule has 0 fully saturated rings. The number of benzene rings is 1. The lowest BCUT2D eigenvalue weighted by Crippen LogP contribution is -2.26. The van der Waals surface area contributed by atoms with E-state index < -0.39 is 21.5 Å². The first-order valence-electron chi connectivity index (χ1n) is 8.18. The lowest BCUT2D eigenvalue weighted by molar-refractivity contribution is -0.113. The molecule has 6 nitrogen and oxygen atoms in total. The van der Waals surface area contributed by atoms with Crippen molar-refractivity contribution in [1.29, 1.82) is 0 Å². The Kier molecular flexibility index (Phi) is 4.74. The molecule has 0 atom stereocenters. The van der Waals surface area contributed by atoms with Crippen LogP contribution in [0.4, 0.5) is 5.13 Å². The highest BCUT2D eigenvalue weighted by atomic mass is 32.2. The van der Waals surface area contributed by atoms with Crippen LogP contribution >= 0.6 is 11.3 Å². The van der Waals surface area contributed by atoms with Gasteiger partial charge in [0.05, 0.1) is 15.5 Å². The Bertz CT molecular complexity index is 973. The number of nitrogens with one attached hydrogen (secondary N) is 1. The van der Waals surface area contributed by atoms with Gasteiger partial charge in [0.15, 0.2) is 20.8 Å². The van der Waals surface area contributed by atoms with E-state index in [1.807, 2.05) is 20.8 Å². The number of ketones is 1. The first-order chi connectivity index (χ1) is 12.1. The van der Waals surface area contributed by atoms with Gasteiger partial charge >= 0.3 is 0 Å². The van der Waals surface area contributed by atoms with Gasteiger partial charge in [0.2, 0.25) is 5.91 Å². The number of hydrogen-bond donors (Lipinski definition) is 1. The largest absolute Gasteiger partial charge is 0.301 e. The zero-order valence-corrected chi connectivity index (χ0v) is 16.5. The fourth-order valence-electron chi connectivity index (χ4n) is 2.93. The number of amides is 1. The molecular weight excluding hydrogens is 372 g/mol. The first kappa shape index (κ1) is 18.7. The van der Waals surface area contributed by atoms with E-state index in [-0.39, 0.29) is 21.2 Å². The molecule has 1 aliphatic rings. The summed E-state index contributed by atoms with van der Waals surface area (Å²) >= 11 is 1.11. The number of carbonyl (C=O) groups excluding carboxylic acids is 2. The summed E-state index contributed by atoms with van der Waals surface area (Å²) in [7, 11) is -3.73. The Balaban J connectivity index is 1.73. The van der Waals surface area contributed by atoms with Gasteiger partial charge in [0, 0.05) is 6.42 Å². The standard InChI is InChI=1S/C18H20N2O4S2/c1-11-4-6-12(7-5-11)26(23,24)10-15(22)20-17-19-13-8-18(2,3)9-14(21)16(13)25-17/h4-7H,8-10H2,1-3H3,(H,19,20,22). The highest BCUT2D eigenvalue weighted by molar-refractivity contribution is 7.92. The Labute approximate surface area is 156 Å². The van der Waals surface area contributed by atoms with E-state index in [2.05, 4.69) is 10.3 Å². The van der Waals surface area contributed by atoms with E-state index in [0.717, 1.165) is 16.9 Å². The van der Waals surface area contributed by atoms with Gasteiger partial charge in [0.25, 0.3) is 0 Å². The van der Waals surface area contributed by atoms with E-state index >= 15 is 0 Å². The zero-order valence-electron chi connectivity index (χ0n) is 14.8. The van der Waals surface area contributed by atoms with Crippen molar-refractivity contribution in [2.45, 2.75) is 38.5 Å². The second-order valence-electron chi connectivity index (χ2n) is 7.36. The van der Waals surface area contributed by atoms with Gasteiger partial charge in [-0.1, -0.05) is 42.9 Å². The molecule has 1 N–H and O–H groups in total. The summed E-state index contributed by atoms with van der Waals surface area (Å²) in [4.78, 5) is 29.4. The molecule has 0 aliphatic heterocycles. The summed E-state index contributed by atoms with van der Waals surface area (Å²) in [6.45, 7) is 5.86. The van der Waals surface area contributed by atoms with Crippen molar-refractivity contribution in [3.05, 3.63) is 40.4 Å². The number of hydrogen-bond acceptors (Lipinski definition) is 6. The monoisotopic (exact) mass is 392 g/mol. The van der Waals surface area contributed by atoms with Crippen molar-refractivity contribution in [3.63, 3.8) is 0 Å². The third kappa shape index (κ3) is 4.02. The fraction of sp³-hybridized carbons (Fsp3) is 0.389. The van der Waals surface area contributed by atoms with E-state index in [1.54, 1.807) is 12.1 Å². The number of carbonyl (C=O) groups is 2. The van der Waals surface area contributed by atoms with E-state index in [4.69, 9.17) is 0 Å². The molecule has 26 heavy (non-hydrogen) atoms. The maximum atomic E-state index is 12.3. The maximum absolute atomic E-state index is 12.3. The summed E-state index contributed by atoms with van der Waals surface area (Å²) < 4.78 is 24.7. The van der Waals surface area contributed by atoms with Crippen molar-refractivity contribution in [2.24, 2.45) is 5.41 Å². The number of fused-ring (bicyclic) bond motifs is 1. The SMILES string of the molecule is Cc1ccc(S(=O)(=O)CC(=O)Nc2nc3c(s2)C(=O)CC(C)(C)C3)cc1. The normalized spacial score (nSPS) is 16.2. The number of sulfone groups is 1. The van der Waals surface area contributed by atoms with Crippen molar-refractivity contribution in [1.82, 2.24) is 4.98 Å². The number of nitrogens with zero attached hydrogens (tertiary/aromatic N) is 1. The van der Waals surface area contributed by atoms with Gasteiger partial charge < -0.3 is 5.32 Å². The van der Waals surface area contributed by atoms with Crippen LogP contribution in [0.3, 0.4) is 0 Å². The van der Waals surface area contributed by atoms with E-state index in [1.165, 1.54) is 12.1 Å². The van der Waals surface area contributed by atoms with Crippen LogP contribution in [0.5, 0.6) is 0 Å². The summed E-state index contributed by atoms with van der Waals surface area (Å²) in [5, 5.41) is 2.79. The van der Waals surface area contributed by atoms with Crippen LogP contribution in [-0.2, 0) is 21.1 Å². The number of Topliss-reactive ketones (excluding diaryl/α,β-unsaturated/α-hetero) is 1. The van der Waals surface area contributed by atoms with Crippen molar-refractivity contribution >= 4 is 38.0 Å². The predicted octanol–water partition coefficient (Wildman–Crippen LogP) is 3.02. The minimum atomic E-state index is -3.73. The molecule has 0 bridgehead atoms. The molecule has 0 spiro atoms. The Morgan fingerprint density at radius 2 is 1.88 bits per heavy atom. The fourth-order valence-corrected chi connectivity index (χ4v) is 5.00. The van der Waals surface area contributed by atoms with E-state index in [0.29, 0.717) is 23.4 Å². The molecule has 0 unspecified atom stereocenters. The second-order valence-corrected chi connectivity index (χ2v) is 10.3. The van der Waals surface area contributed by atoms with Crippen LogP contribution < -0.4 is 5.32 Å². The van der Waals surface area contributed by atoms with Crippen molar-refractivity contribution in [3.8, 4) is 0 Å². The van der Waals surface area contributed by atoms with Crippen LogP contribution in [0.15, 0.2) is 29.2 Å². The van der Waals surface area contributed by atoms with Gasteiger partial charge in [-0.25, -0.2) is 13.4 Å². The summed E-state index contributed by atoms with van der Waals surface area (Å²) in [6.07, 6.45) is 1.10. The predicted molar refractivity (Wildman–Crippen MR) is 100 cm³/mol. The van der Waals surface area contributed by atoms with Gasteiger partial charge in [-0.05, 0) is 30.9 Å². The highest BCUT2D eigenvalue weighted by Gasteiger charge is 2.34. The minimum absolute atomic E-state index is 0.0153. The van der Waals surface area contributed by atoms with Crippen LogP contribution in [0.1, 0.15) is 41.2 Å². The Morgan fingerprint density at radius 1 is 1.23 bits per heavy atom. The van der Waals surface area contributed by atoms with E-state index in [9.17, 15) is 18.0 Å². The quantitative estimate of drug-likeness (QED) is 0.863. The van der Waals surface area contributed by atoms with Gasteiger partial charge in [-0.15, -0.1) is 0 Å². The molecule has 1 amide bonds. The van der Waals surface area contributed by atoms with Crippen LogP contribution in [0.25, 0.3) is 0 Å². The number of thiazole rings is 1. The molecule has 0 saturated heterocycles. The highest BCUT2D eigenvalue weighted by Crippen LogP contribution is 2.38. The van der Waals surface area contributed by atoms with Crippen LogP contribution in [0.2, 0.25) is 0 Å². The summed E-state index contributed by atoms with van der Waals surface area (Å²) in [5.41, 5.74) is 1.45. The smallest absolute Gasteiger partial charge is 0.241 e. The molecule has 1 aliphatic carbocycles. The molecule has 138 valence electrons. The third-order valence-electron chi connectivity index (χ3n) is 4.18. The molecule has 2 aromatic rings. The first-order valence-corrected chi connectivity index (χ1v) is 10.6. The van der Waals surface area contributed by atoms with Crippen molar-refractivity contribution < 1.29 is 18.0 Å². The minimum Gasteiger partial charge on any atom is -0.301 e. The molecule has 1 aromatic heterocycles. The third-order valence-corrected chi connectivity index (χ3v) is 6.87. The summed E-state index contributed by atoms with van der Waals surface area (Å²) in [6, 6.07) is 6.35. The van der Waals surface area contributed by atoms with Gasteiger partial charge in [-0.3, -0.25) is 9.59 Å².